The van der Waals surface area contributed by atoms with Crippen LogP contribution in [0.2, 0.25) is 0 Å². The summed E-state index contributed by atoms with van der Waals surface area (Å²) in [5, 5.41) is 0. The van der Waals surface area contributed by atoms with Crippen LogP contribution in [-0.4, -0.2) is 0 Å². The molecule has 0 saturated heterocycles. The van der Waals surface area contributed by atoms with E-state index in [1.165, 1.54) is 55.7 Å². The molecular weight excluding hydrogens is 440 g/mol. The summed E-state index contributed by atoms with van der Waals surface area (Å²) in [5.41, 5.74) is 13.8. The van der Waals surface area contributed by atoms with Gasteiger partial charge in [-0.1, -0.05) is 91.7 Å². The van der Waals surface area contributed by atoms with Gasteiger partial charge in [-0.15, -0.1) is 0 Å². The van der Waals surface area contributed by atoms with Gasteiger partial charge >= 0.3 is 0 Å². The third kappa shape index (κ3) is 2.86. The van der Waals surface area contributed by atoms with Crippen molar-refractivity contribution >= 4 is 21.5 Å². The lowest BCUT2D eigenvalue weighted by Gasteiger charge is -2.24. The fourth-order valence-corrected chi connectivity index (χ4v) is 5.85. The molecule has 0 nitrogen and oxygen atoms in total. The fraction of sp³-hybridized carbons (Fsp3) is 0.267. The van der Waals surface area contributed by atoms with Gasteiger partial charge in [-0.25, -0.2) is 0 Å². The standard InChI is InChI=1S/C30H29Br/c1-7-8-22-18(2)29(3,4)26-15-19(9-12-23(22)26)20-10-13-24-25-14-11-21(31)17-28(25)30(5,6)27(24)16-20/h7-17H,1-6H3/b8-7-. The van der Waals surface area contributed by atoms with Crippen LogP contribution in [0, 0.1) is 0 Å². The van der Waals surface area contributed by atoms with Crippen LogP contribution in [0.1, 0.15) is 63.8 Å². The lowest BCUT2D eigenvalue weighted by atomic mass is 9.80. The normalized spacial score (nSPS) is 17.8. The van der Waals surface area contributed by atoms with E-state index in [0.717, 1.165) is 4.47 Å². The van der Waals surface area contributed by atoms with Crippen LogP contribution in [0.15, 0.2) is 76.8 Å². The Morgan fingerprint density at radius 2 is 1.19 bits per heavy atom. The Bertz CT molecular complexity index is 1300. The highest BCUT2D eigenvalue weighted by atomic mass is 79.9. The van der Waals surface area contributed by atoms with Gasteiger partial charge in [0, 0.05) is 15.3 Å². The smallest absolute Gasteiger partial charge is 0.0178 e. The summed E-state index contributed by atoms with van der Waals surface area (Å²) in [6, 6.07) is 20.8. The summed E-state index contributed by atoms with van der Waals surface area (Å²) in [4.78, 5) is 0. The lowest BCUT2D eigenvalue weighted by Crippen LogP contribution is -2.16. The highest BCUT2D eigenvalue weighted by Gasteiger charge is 2.37. The predicted octanol–water partition coefficient (Wildman–Crippen LogP) is 9.06. The van der Waals surface area contributed by atoms with Crippen molar-refractivity contribution in [2.75, 3.05) is 0 Å². The Labute approximate surface area is 194 Å². The van der Waals surface area contributed by atoms with E-state index in [1.807, 2.05) is 0 Å². The zero-order valence-corrected chi connectivity index (χ0v) is 20.8. The Morgan fingerprint density at radius 3 is 1.81 bits per heavy atom. The monoisotopic (exact) mass is 468 g/mol. The quantitative estimate of drug-likeness (QED) is 0.351. The molecule has 0 aromatic heterocycles. The molecular formula is C30H29Br. The van der Waals surface area contributed by atoms with Crippen molar-refractivity contribution in [3.63, 3.8) is 0 Å². The first-order valence-electron chi connectivity index (χ1n) is 11.1. The molecule has 0 aliphatic heterocycles. The second kappa shape index (κ2) is 6.81. The molecule has 0 saturated carbocycles. The summed E-state index contributed by atoms with van der Waals surface area (Å²) in [6.07, 6.45) is 4.41. The van der Waals surface area contributed by atoms with Crippen LogP contribution in [0.3, 0.4) is 0 Å². The summed E-state index contributed by atoms with van der Waals surface area (Å²) < 4.78 is 1.15. The largest absolute Gasteiger partial charge is 0.0870 e. The molecule has 0 spiro atoms. The SMILES string of the molecule is C/C=C\C1=C(C)C(C)(C)c2cc(-c3ccc4c(c3)C(C)(C)c3cc(Br)ccc3-4)ccc21. The van der Waals surface area contributed by atoms with Gasteiger partial charge in [0.15, 0.2) is 0 Å². The van der Waals surface area contributed by atoms with Gasteiger partial charge in [-0.3, -0.25) is 0 Å². The van der Waals surface area contributed by atoms with E-state index in [0.29, 0.717) is 0 Å². The van der Waals surface area contributed by atoms with Gasteiger partial charge in [-0.2, -0.15) is 0 Å². The minimum Gasteiger partial charge on any atom is -0.0870 e. The zero-order valence-electron chi connectivity index (χ0n) is 19.2. The molecule has 0 fully saturated rings. The van der Waals surface area contributed by atoms with Gasteiger partial charge in [0.2, 0.25) is 0 Å². The van der Waals surface area contributed by atoms with Crippen molar-refractivity contribution in [3.05, 3.63) is 99.0 Å². The number of fused-ring (bicyclic) bond motifs is 4. The lowest BCUT2D eigenvalue weighted by molar-refractivity contribution is 0.639. The maximum Gasteiger partial charge on any atom is 0.0178 e. The van der Waals surface area contributed by atoms with E-state index < -0.39 is 0 Å². The molecule has 2 aliphatic rings. The van der Waals surface area contributed by atoms with E-state index in [2.05, 4.69) is 124 Å². The molecule has 0 atom stereocenters. The molecule has 31 heavy (non-hydrogen) atoms. The molecule has 1 heteroatoms. The maximum atomic E-state index is 3.66. The number of hydrogen-bond donors (Lipinski definition) is 0. The molecule has 0 bridgehead atoms. The molecule has 5 rings (SSSR count). The van der Waals surface area contributed by atoms with Crippen LogP contribution in [0.4, 0.5) is 0 Å². The maximum absolute atomic E-state index is 3.66. The Hall–Kier alpha value is -2.38. The second-order valence-corrected chi connectivity index (χ2v) is 10.9. The molecule has 0 amide bonds. The summed E-state index contributed by atoms with van der Waals surface area (Å²) in [7, 11) is 0. The number of hydrogen-bond acceptors (Lipinski definition) is 0. The zero-order chi connectivity index (χ0) is 22.1. The van der Waals surface area contributed by atoms with Gasteiger partial charge in [0.1, 0.15) is 0 Å². The molecule has 0 unspecified atom stereocenters. The van der Waals surface area contributed by atoms with E-state index in [1.54, 1.807) is 0 Å². The average molecular weight is 469 g/mol. The minimum atomic E-state index is -0.00229. The summed E-state index contributed by atoms with van der Waals surface area (Å²) in [5.74, 6) is 0. The number of allylic oxidation sites excluding steroid dienone is 4. The fourth-order valence-electron chi connectivity index (χ4n) is 5.49. The molecule has 0 heterocycles. The van der Waals surface area contributed by atoms with Crippen molar-refractivity contribution in [3.8, 4) is 22.3 Å². The molecule has 156 valence electrons. The van der Waals surface area contributed by atoms with Gasteiger partial charge in [0.05, 0.1) is 0 Å². The Morgan fingerprint density at radius 1 is 0.677 bits per heavy atom. The third-order valence-electron chi connectivity index (χ3n) is 7.63. The van der Waals surface area contributed by atoms with Crippen LogP contribution in [-0.2, 0) is 10.8 Å². The Balaban J connectivity index is 1.64. The first-order chi connectivity index (χ1) is 14.7. The third-order valence-corrected chi connectivity index (χ3v) is 8.12. The minimum absolute atomic E-state index is 0.00229. The van der Waals surface area contributed by atoms with Crippen molar-refractivity contribution in [1.82, 2.24) is 0 Å². The molecule has 0 N–H and O–H groups in total. The van der Waals surface area contributed by atoms with E-state index in [9.17, 15) is 0 Å². The molecule has 3 aromatic carbocycles. The molecule has 0 radical (unpaired) electrons. The Kier molecular flexibility index (Phi) is 4.51. The van der Waals surface area contributed by atoms with E-state index in [-0.39, 0.29) is 10.8 Å². The van der Waals surface area contributed by atoms with Gasteiger partial charge in [0.25, 0.3) is 0 Å². The first-order valence-corrected chi connectivity index (χ1v) is 11.9. The van der Waals surface area contributed by atoms with Crippen molar-refractivity contribution in [2.45, 2.75) is 52.4 Å². The van der Waals surface area contributed by atoms with Crippen molar-refractivity contribution < 1.29 is 0 Å². The highest BCUT2D eigenvalue weighted by molar-refractivity contribution is 9.10. The second-order valence-electron chi connectivity index (χ2n) is 10.00. The number of rotatable bonds is 2. The van der Waals surface area contributed by atoms with Crippen LogP contribution in [0.5, 0.6) is 0 Å². The first kappa shape index (κ1) is 20.5. The topological polar surface area (TPSA) is 0 Å². The van der Waals surface area contributed by atoms with Crippen LogP contribution >= 0.6 is 15.9 Å². The molecule has 2 aliphatic carbocycles. The average Bonchev–Trinajstić information content (AvgIpc) is 3.08. The van der Waals surface area contributed by atoms with E-state index in [4.69, 9.17) is 0 Å². The summed E-state index contributed by atoms with van der Waals surface area (Å²) >= 11 is 3.66. The van der Waals surface area contributed by atoms with Crippen molar-refractivity contribution in [2.24, 2.45) is 0 Å². The highest BCUT2D eigenvalue weighted by Crippen LogP contribution is 2.51. The molecule has 3 aromatic rings. The van der Waals surface area contributed by atoms with Crippen LogP contribution in [0.25, 0.3) is 27.8 Å². The van der Waals surface area contributed by atoms with Crippen molar-refractivity contribution in [1.29, 1.82) is 0 Å². The van der Waals surface area contributed by atoms with Crippen LogP contribution < -0.4 is 0 Å². The van der Waals surface area contributed by atoms with E-state index >= 15 is 0 Å². The predicted molar refractivity (Wildman–Crippen MR) is 138 cm³/mol. The summed E-state index contributed by atoms with van der Waals surface area (Å²) in [6.45, 7) is 13.8. The van der Waals surface area contributed by atoms with Gasteiger partial charge < -0.3 is 0 Å². The van der Waals surface area contributed by atoms with Gasteiger partial charge in [-0.05, 0) is 88.2 Å². The number of halogens is 1. The number of benzene rings is 3.